The second-order valence-corrected chi connectivity index (χ2v) is 8.54. The fourth-order valence-electron chi connectivity index (χ4n) is 5.44. The van der Waals surface area contributed by atoms with Crippen LogP contribution in [-0.2, 0) is 19.5 Å². The minimum Gasteiger partial charge on any atom is -0.354 e. The minimum atomic E-state index is 0.942. The van der Waals surface area contributed by atoms with Gasteiger partial charge in [-0.15, -0.1) is 0 Å². The van der Waals surface area contributed by atoms with Crippen molar-refractivity contribution in [3.8, 4) is 11.1 Å². The van der Waals surface area contributed by atoms with E-state index in [1.54, 1.807) is 0 Å². The highest BCUT2D eigenvalue weighted by molar-refractivity contribution is 6.13. The van der Waals surface area contributed by atoms with Crippen LogP contribution in [0.2, 0.25) is 0 Å². The van der Waals surface area contributed by atoms with Crippen LogP contribution < -0.4 is 5.32 Å². The molecule has 1 aliphatic heterocycles. The third-order valence-corrected chi connectivity index (χ3v) is 6.83. The zero-order chi connectivity index (χ0) is 20.4. The van der Waals surface area contributed by atoms with E-state index in [-0.39, 0.29) is 0 Å². The number of fused-ring (bicyclic) bond motifs is 10. The van der Waals surface area contributed by atoms with E-state index in [2.05, 4.69) is 69.9 Å². The summed E-state index contributed by atoms with van der Waals surface area (Å²) in [6, 6.07) is 19.7. The van der Waals surface area contributed by atoms with Gasteiger partial charge in [0, 0.05) is 48.2 Å². The number of aromatic amines is 1. The van der Waals surface area contributed by atoms with E-state index in [1.807, 2.05) is 24.5 Å². The first-order valence-electron chi connectivity index (χ1n) is 10.9. The number of nitrogens with one attached hydrogen (secondary N) is 2. The molecule has 0 saturated heterocycles. The van der Waals surface area contributed by atoms with Crippen LogP contribution in [0.15, 0.2) is 67.0 Å². The first kappa shape index (κ1) is 17.0. The molecule has 0 fully saturated rings. The van der Waals surface area contributed by atoms with Crippen LogP contribution >= 0.6 is 0 Å². The summed E-state index contributed by atoms with van der Waals surface area (Å²) in [4.78, 5) is 7.86. The fraction of sp³-hybridized carbons (Fsp3) is 0.107. The van der Waals surface area contributed by atoms with Crippen molar-refractivity contribution in [1.82, 2.24) is 15.3 Å². The Kier molecular flexibility index (Phi) is 3.52. The number of hydrogen-bond donors (Lipinski definition) is 2. The molecule has 0 saturated carbocycles. The lowest BCUT2D eigenvalue weighted by molar-refractivity contribution is 0.766. The lowest BCUT2D eigenvalue weighted by Crippen LogP contribution is -2.00. The minimum absolute atomic E-state index is 0.942. The van der Waals surface area contributed by atoms with E-state index in [1.165, 1.54) is 66.3 Å². The molecular formula is C28H21N3. The summed E-state index contributed by atoms with van der Waals surface area (Å²) in [5.41, 5.74) is 13.6. The van der Waals surface area contributed by atoms with Gasteiger partial charge in [0.1, 0.15) is 0 Å². The Balaban J connectivity index is 1.44. The van der Waals surface area contributed by atoms with Gasteiger partial charge < -0.3 is 10.3 Å². The lowest BCUT2D eigenvalue weighted by atomic mass is 9.92. The molecule has 5 aromatic rings. The molecule has 0 atom stereocenters. The maximum Gasteiger partial charge on any atom is 0.0510 e. The van der Waals surface area contributed by atoms with Gasteiger partial charge in [-0.25, -0.2) is 0 Å². The monoisotopic (exact) mass is 399 g/mol. The summed E-state index contributed by atoms with van der Waals surface area (Å²) in [5, 5.41) is 6.38. The lowest BCUT2D eigenvalue weighted by Gasteiger charge is -2.11. The molecule has 3 aromatic carbocycles. The van der Waals surface area contributed by atoms with Crippen molar-refractivity contribution in [1.29, 1.82) is 0 Å². The first-order chi connectivity index (χ1) is 15.4. The molecule has 0 radical (unpaired) electrons. The van der Waals surface area contributed by atoms with Crippen molar-refractivity contribution in [3.05, 3.63) is 100 Å². The normalized spacial score (nSPS) is 14.5. The molecule has 148 valence electrons. The van der Waals surface area contributed by atoms with E-state index >= 15 is 0 Å². The molecule has 2 N–H and O–H groups in total. The summed E-state index contributed by atoms with van der Waals surface area (Å²) < 4.78 is 0. The zero-order valence-electron chi connectivity index (χ0n) is 17.1. The number of benzene rings is 3. The van der Waals surface area contributed by atoms with Gasteiger partial charge in [-0.2, -0.15) is 0 Å². The number of rotatable bonds is 2. The maximum atomic E-state index is 4.10. The standard InChI is InChI=1S/C28H21N3/c1-2-4-25-20(3-1)27-24-16-30-15-23(24)26-21-13-18(6-5-17-9-11-29-12-10-17)7-8-19(21)14-22(26)28(27)31-25/h1-13,30-31H,14-16H2. The molecule has 31 heavy (non-hydrogen) atoms. The van der Waals surface area contributed by atoms with E-state index in [4.69, 9.17) is 0 Å². The average Bonchev–Trinajstić information content (AvgIpc) is 3.52. The number of para-hydroxylation sites is 1. The topological polar surface area (TPSA) is 40.7 Å². The Morgan fingerprint density at radius 1 is 0.806 bits per heavy atom. The van der Waals surface area contributed by atoms with Crippen LogP contribution in [0.25, 0.3) is 45.1 Å². The molecule has 3 heterocycles. The molecule has 1 aliphatic carbocycles. The zero-order valence-corrected chi connectivity index (χ0v) is 17.1. The summed E-state index contributed by atoms with van der Waals surface area (Å²) >= 11 is 0. The molecule has 3 nitrogen and oxygen atoms in total. The van der Waals surface area contributed by atoms with Crippen molar-refractivity contribution >= 4 is 34.0 Å². The van der Waals surface area contributed by atoms with E-state index in [0.29, 0.717) is 0 Å². The predicted molar refractivity (Wildman–Crippen MR) is 128 cm³/mol. The van der Waals surface area contributed by atoms with E-state index < -0.39 is 0 Å². The summed E-state index contributed by atoms with van der Waals surface area (Å²) in [6.07, 6.45) is 9.02. The van der Waals surface area contributed by atoms with Crippen molar-refractivity contribution in [2.24, 2.45) is 0 Å². The van der Waals surface area contributed by atoms with Crippen LogP contribution in [0.5, 0.6) is 0 Å². The third kappa shape index (κ3) is 2.47. The number of pyridine rings is 1. The largest absolute Gasteiger partial charge is 0.354 e. The molecule has 0 unspecified atom stereocenters. The van der Waals surface area contributed by atoms with Gasteiger partial charge in [-0.05, 0) is 68.8 Å². The van der Waals surface area contributed by atoms with Gasteiger partial charge in [-0.3, -0.25) is 4.98 Å². The second-order valence-electron chi connectivity index (χ2n) is 8.54. The van der Waals surface area contributed by atoms with Gasteiger partial charge in [0.15, 0.2) is 0 Å². The van der Waals surface area contributed by atoms with Gasteiger partial charge in [0.05, 0.1) is 5.52 Å². The second kappa shape index (κ2) is 6.40. The predicted octanol–water partition coefficient (Wildman–Crippen LogP) is 6.06. The highest BCUT2D eigenvalue weighted by Gasteiger charge is 2.30. The Morgan fingerprint density at radius 2 is 1.65 bits per heavy atom. The molecule has 2 aromatic heterocycles. The van der Waals surface area contributed by atoms with Crippen molar-refractivity contribution in [2.75, 3.05) is 0 Å². The van der Waals surface area contributed by atoms with Crippen LogP contribution in [0.4, 0.5) is 0 Å². The van der Waals surface area contributed by atoms with Crippen molar-refractivity contribution in [2.45, 2.75) is 19.5 Å². The summed E-state index contributed by atoms with van der Waals surface area (Å²) in [7, 11) is 0. The van der Waals surface area contributed by atoms with Crippen LogP contribution in [-0.4, -0.2) is 9.97 Å². The molecule has 0 amide bonds. The Labute approximate surface area is 180 Å². The summed E-state index contributed by atoms with van der Waals surface area (Å²) in [5.74, 6) is 0. The quantitative estimate of drug-likeness (QED) is 0.371. The van der Waals surface area contributed by atoms with E-state index in [0.717, 1.165) is 19.5 Å². The molecule has 3 heteroatoms. The number of nitrogens with zero attached hydrogens (tertiary/aromatic N) is 1. The average molecular weight is 399 g/mol. The SMILES string of the molecule is C(=Cc1ccc2c(c1)-c1c3c(c4c([nH]c5ccccc54)c1C2)CNC3)c1ccncc1. The fourth-order valence-corrected chi connectivity index (χ4v) is 5.44. The summed E-state index contributed by atoms with van der Waals surface area (Å²) in [6.45, 7) is 1.89. The Morgan fingerprint density at radius 3 is 2.58 bits per heavy atom. The number of aromatic nitrogens is 2. The molecule has 0 bridgehead atoms. The Bertz CT molecular complexity index is 1520. The van der Waals surface area contributed by atoms with Gasteiger partial charge in [0.25, 0.3) is 0 Å². The van der Waals surface area contributed by atoms with Crippen LogP contribution in [0.1, 0.15) is 33.4 Å². The molecular weight excluding hydrogens is 378 g/mol. The van der Waals surface area contributed by atoms with E-state index in [9.17, 15) is 0 Å². The van der Waals surface area contributed by atoms with Gasteiger partial charge >= 0.3 is 0 Å². The van der Waals surface area contributed by atoms with Crippen molar-refractivity contribution < 1.29 is 0 Å². The molecule has 2 aliphatic rings. The highest BCUT2D eigenvalue weighted by atomic mass is 14.9. The molecule has 7 rings (SSSR count). The molecule has 0 spiro atoms. The number of hydrogen-bond acceptors (Lipinski definition) is 2. The van der Waals surface area contributed by atoms with Gasteiger partial charge in [-0.1, -0.05) is 42.5 Å². The van der Waals surface area contributed by atoms with Gasteiger partial charge in [0.2, 0.25) is 0 Å². The number of H-pyrrole nitrogens is 1. The third-order valence-electron chi connectivity index (χ3n) is 6.83. The smallest absolute Gasteiger partial charge is 0.0510 e. The maximum absolute atomic E-state index is 4.10. The van der Waals surface area contributed by atoms with Crippen LogP contribution in [0, 0.1) is 0 Å². The van der Waals surface area contributed by atoms with Crippen LogP contribution in [0.3, 0.4) is 0 Å². The first-order valence-corrected chi connectivity index (χ1v) is 10.9. The van der Waals surface area contributed by atoms with Crippen molar-refractivity contribution in [3.63, 3.8) is 0 Å². The highest BCUT2D eigenvalue weighted by Crippen LogP contribution is 2.47. The Hall–Kier alpha value is -3.69.